The normalized spacial score (nSPS) is 18.2. The molecule has 4 heteroatoms. The van der Waals surface area contributed by atoms with Crippen molar-refractivity contribution < 1.29 is 9.90 Å². The molecule has 0 bridgehead atoms. The average molecular weight is 312 g/mol. The predicted molar refractivity (Wildman–Crippen MR) is 92.6 cm³/mol. The van der Waals surface area contributed by atoms with Gasteiger partial charge in [-0.25, -0.2) is 0 Å². The predicted octanol–water partition coefficient (Wildman–Crippen LogP) is 3.99. The lowest BCUT2D eigenvalue weighted by atomic mass is 9.82. The van der Waals surface area contributed by atoms with E-state index in [1.807, 2.05) is 0 Å². The van der Waals surface area contributed by atoms with E-state index in [1.54, 1.807) is 24.3 Å². The minimum atomic E-state index is -0.104. The molecule has 2 aromatic rings. The summed E-state index contributed by atoms with van der Waals surface area (Å²) in [5.41, 5.74) is 2.70. The Labute approximate surface area is 136 Å². The van der Waals surface area contributed by atoms with Gasteiger partial charge < -0.3 is 15.4 Å². The zero-order chi connectivity index (χ0) is 16.4. The highest BCUT2D eigenvalue weighted by atomic mass is 16.3. The van der Waals surface area contributed by atoms with Gasteiger partial charge in [0.1, 0.15) is 11.4 Å². The fourth-order valence-electron chi connectivity index (χ4n) is 3.21. The van der Waals surface area contributed by atoms with E-state index in [0.29, 0.717) is 12.2 Å². The highest BCUT2D eigenvalue weighted by Gasteiger charge is 2.18. The van der Waals surface area contributed by atoms with Crippen molar-refractivity contribution in [3.63, 3.8) is 0 Å². The number of aromatic nitrogens is 1. The number of carbonyl (C=O) groups excluding carboxylic acids is 1. The van der Waals surface area contributed by atoms with E-state index in [1.165, 1.54) is 12.0 Å². The van der Waals surface area contributed by atoms with Gasteiger partial charge in [0.15, 0.2) is 0 Å². The minimum absolute atomic E-state index is 0.104. The number of amides is 1. The Morgan fingerprint density at radius 3 is 2.91 bits per heavy atom. The van der Waals surface area contributed by atoms with E-state index in [2.05, 4.69) is 30.2 Å². The SMILES string of the molecule is CC(C)[C@H]1CC=C(CNC(=O)c2cc3cc(O)ccc3[nH]2)CC1. The van der Waals surface area contributed by atoms with Gasteiger partial charge in [-0.3, -0.25) is 4.79 Å². The smallest absolute Gasteiger partial charge is 0.267 e. The standard InChI is InChI=1S/C19H24N2O2/c1-12(2)14-5-3-13(4-6-14)11-20-19(23)18-10-15-9-16(22)7-8-17(15)21-18/h3,7-10,12,14,21-22H,4-6,11H2,1-2H3,(H,20,23)/t14-/m0/s1. The number of benzene rings is 1. The first-order chi connectivity index (χ1) is 11.0. The zero-order valence-electron chi connectivity index (χ0n) is 13.7. The number of allylic oxidation sites excluding steroid dienone is 1. The van der Waals surface area contributed by atoms with Crippen molar-refractivity contribution >= 4 is 16.8 Å². The fraction of sp³-hybridized carbons (Fsp3) is 0.421. The van der Waals surface area contributed by atoms with Crippen molar-refractivity contribution in [2.75, 3.05) is 6.54 Å². The van der Waals surface area contributed by atoms with Gasteiger partial charge in [0.05, 0.1) is 0 Å². The summed E-state index contributed by atoms with van der Waals surface area (Å²) in [6.07, 6.45) is 5.70. The Balaban J connectivity index is 1.61. The van der Waals surface area contributed by atoms with Crippen molar-refractivity contribution in [2.24, 2.45) is 11.8 Å². The van der Waals surface area contributed by atoms with Gasteiger partial charge in [0.25, 0.3) is 5.91 Å². The Hall–Kier alpha value is -2.23. The van der Waals surface area contributed by atoms with Gasteiger partial charge in [-0.2, -0.15) is 0 Å². The van der Waals surface area contributed by atoms with Gasteiger partial charge in [-0.05, 0) is 55.4 Å². The number of hydrogen-bond acceptors (Lipinski definition) is 2. The number of rotatable bonds is 4. The van der Waals surface area contributed by atoms with Gasteiger partial charge in [0, 0.05) is 17.4 Å². The van der Waals surface area contributed by atoms with Crippen molar-refractivity contribution in [3.8, 4) is 5.75 Å². The number of fused-ring (bicyclic) bond motifs is 1. The Bertz CT molecular complexity index is 743. The number of nitrogens with one attached hydrogen (secondary N) is 2. The van der Waals surface area contributed by atoms with Gasteiger partial charge in [0.2, 0.25) is 0 Å². The van der Waals surface area contributed by atoms with E-state index in [0.717, 1.165) is 35.6 Å². The van der Waals surface area contributed by atoms with Crippen molar-refractivity contribution in [3.05, 3.63) is 41.6 Å². The summed E-state index contributed by atoms with van der Waals surface area (Å²) in [6, 6.07) is 6.81. The van der Waals surface area contributed by atoms with Crippen LogP contribution in [0.5, 0.6) is 5.75 Å². The van der Waals surface area contributed by atoms with Crippen molar-refractivity contribution in [2.45, 2.75) is 33.1 Å². The molecule has 1 aromatic heterocycles. The molecule has 3 rings (SSSR count). The van der Waals surface area contributed by atoms with Crippen LogP contribution in [0.25, 0.3) is 10.9 Å². The molecule has 1 heterocycles. The van der Waals surface area contributed by atoms with E-state index >= 15 is 0 Å². The first-order valence-corrected chi connectivity index (χ1v) is 8.31. The molecular weight excluding hydrogens is 288 g/mol. The van der Waals surface area contributed by atoms with E-state index in [9.17, 15) is 9.90 Å². The number of aromatic hydroxyl groups is 1. The van der Waals surface area contributed by atoms with Crippen LogP contribution in [-0.4, -0.2) is 22.5 Å². The number of phenolic OH excluding ortho intramolecular Hbond substituents is 1. The summed E-state index contributed by atoms with van der Waals surface area (Å²) in [6.45, 7) is 5.17. The molecule has 0 fully saturated rings. The third kappa shape index (κ3) is 3.58. The topological polar surface area (TPSA) is 65.1 Å². The first-order valence-electron chi connectivity index (χ1n) is 8.31. The second-order valence-electron chi connectivity index (χ2n) is 6.78. The Morgan fingerprint density at radius 2 is 2.22 bits per heavy atom. The van der Waals surface area contributed by atoms with Crippen LogP contribution in [0.3, 0.4) is 0 Å². The molecule has 1 amide bonds. The quantitative estimate of drug-likeness (QED) is 0.747. The molecule has 0 saturated heterocycles. The van der Waals surface area contributed by atoms with Gasteiger partial charge >= 0.3 is 0 Å². The second kappa shape index (κ2) is 6.49. The second-order valence-corrected chi connectivity index (χ2v) is 6.78. The molecule has 0 spiro atoms. The molecule has 1 aromatic carbocycles. The van der Waals surface area contributed by atoms with Crippen LogP contribution in [0.4, 0.5) is 0 Å². The van der Waals surface area contributed by atoms with Gasteiger partial charge in [-0.15, -0.1) is 0 Å². The third-order valence-electron chi connectivity index (χ3n) is 4.81. The zero-order valence-corrected chi connectivity index (χ0v) is 13.7. The number of phenols is 1. The Morgan fingerprint density at radius 1 is 1.39 bits per heavy atom. The molecule has 4 nitrogen and oxygen atoms in total. The fourth-order valence-corrected chi connectivity index (χ4v) is 3.21. The van der Waals surface area contributed by atoms with Crippen LogP contribution in [0, 0.1) is 11.8 Å². The summed E-state index contributed by atoms with van der Waals surface area (Å²) in [4.78, 5) is 15.4. The first kappa shape index (κ1) is 15.7. The molecule has 0 saturated carbocycles. The van der Waals surface area contributed by atoms with E-state index < -0.39 is 0 Å². The lowest BCUT2D eigenvalue weighted by Gasteiger charge is -2.25. The van der Waals surface area contributed by atoms with Crippen LogP contribution < -0.4 is 5.32 Å². The molecule has 3 N–H and O–H groups in total. The average Bonchev–Trinajstić information content (AvgIpc) is 2.96. The van der Waals surface area contributed by atoms with Crippen LogP contribution in [-0.2, 0) is 0 Å². The van der Waals surface area contributed by atoms with Crippen LogP contribution >= 0.6 is 0 Å². The number of H-pyrrole nitrogens is 1. The van der Waals surface area contributed by atoms with Gasteiger partial charge in [-0.1, -0.05) is 25.5 Å². The molecule has 122 valence electrons. The molecule has 23 heavy (non-hydrogen) atoms. The summed E-state index contributed by atoms with van der Waals surface area (Å²) < 4.78 is 0. The summed E-state index contributed by atoms with van der Waals surface area (Å²) >= 11 is 0. The lowest BCUT2D eigenvalue weighted by molar-refractivity contribution is 0.0952. The van der Waals surface area contributed by atoms with E-state index in [-0.39, 0.29) is 11.7 Å². The largest absolute Gasteiger partial charge is 0.508 e. The molecule has 1 atom stereocenters. The third-order valence-corrected chi connectivity index (χ3v) is 4.81. The monoisotopic (exact) mass is 312 g/mol. The maximum Gasteiger partial charge on any atom is 0.267 e. The maximum absolute atomic E-state index is 12.3. The molecule has 1 aliphatic rings. The van der Waals surface area contributed by atoms with Crippen LogP contribution in [0.2, 0.25) is 0 Å². The summed E-state index contributed by atoms with van der Waals surface area (Å²) in [5.74, 6) is 1.60. The number of aromatic amines is 1. The Kier molecular flexibility index (Phi) is 4.42. The number of carbonyl (C=O) groups is 1. The van der Waals surface area contributed by atoms with E-state index in [4.69, 9.17) is 0 Å². The molecule has 0 aliphatic heterocycles. The maximum atomic E-state index is 12.3. The molecular formula is C19H24N2O2. The van der Waals surface area contributed by atoms with Crippen LogP contribution in [0.15, 0.2) is 35.9 Å². The molecule has 1 aliphatic carbocycles. The highest BCUT2D eigenvalue weighted by molar-refractivity contribution is 5.98. The summed E-state index contributed by atoms with van der Waals surface area (Å²) in [5, 5.41) is 13.3. The van der Waals surface area contributed by atoms with Crippen molar-refractivity contribution in [1.29, 1.82) is 0 Å². The lowest BCUT2D eigenvalue weighted by Crippen LogP contribution is -2.27. The molecule has 0 radical (unpaired) electrons. The van der Waals surface area contributed by atoms with Crippen LogP contribution in [0.1, 0.15) is 43.6 Å². The minimum Gasteiger partial charge on any atom is -0.508 e. The number of hydrogen-bond donors (Lipinski definition) is 3. The van der Waals surface area contributed by atoms with Crippen molar-refractivity contribution in [1.82, 2.24) is 10.3 Å². The summed E-state index contributed by atoms with van der Waals surface area (Å²) in [7, 11) is 0. The highest BCUT2D eigenvalue weighted by Crippen LogP contribution is 2.28. The molecule has 0 unspecified atom stereocenters.